The number of hydrogen-bond donors (Lipinski definition) is 1. The number of carbonyl (C=O) groups excluding carboxylic acids is 1. The molecule has 3 atom stereocenters. The number of ether oxygens (including phenoxy) is 1. The molecule has 0 aromatic rings. The summed E-state index contributed by atoms with van der Waals surface area (Å²) in [5.41, 5.74) is -0.509. The molecule has 0 spiro atoms. The van der Waals surface area contributed by atoms with E-state index in [0.29, 0.717) is 12.6 Å². The van der Waals surface area contributed by atoms with Crippen molar-refractivity contribution in [2.45, 2.75) is 64.5 Å². The third kappa shape index (κ3) is 5.26. The van der Waals surface area contributed by atoms with E-state index in [4.69, 9.17) is 4.74 Å². The Bertz CT molecular complexity index is 357. The summed E-state index contributed by atoms with van der Waals surface area (Å²) >= 11 is 0. The van der Waals surface area contributed by atoms with E-state index in [1.807, 2.05) is 13.8 Å². The molecule has 3 unspecified atom stereocenters. The second-order valence-electron chi connectivity index (χ2n) is 7.31. The number of nitrogens with one attached hydrogen (secondary N) is 1. The zero-order valence-electron chi connectivity index (χ0n) is 14.2. The molecule has 0 radical (unpaired) electrons. The molecule has 4 heteroatoms. The van der Waals surface area contributed by atoms with Crippen LogP contribution in [-0.4, -0.2) is 49.2 Å². The summed E-state index contributed by atoms with van der Waals surface area (Å²) < 4.78 is 5.27. The van der Waals surface area contributed by atoms with Crippen LogP contribution in [-0.2, 0) is 9.53 Å². The highest BCUT2D eigenvalue weighted by atomic mass is 16.5. The highest BCUT2D eigenvalue weighted by Gasteiger charge is 2.39. The highest BCUT2D eigenvalue weighted by Crippen LogP contribution is 2.38. The Morgan fingerprint density at radius 2 is 2.10 bits per heavy atom. The summed E-state index contributed by atoms with van der Waals surface area (Å²) in [5.74, 6) is 1.72. The van der Waals surface area contributed by atoms with Gasteiger partial charge in [-0.05, 0) is 71.4 Å². The van der Waals surface area contributed by atoms with Crippen LogP contribution in [0.5, 0.6) is 0 Å². The largest absolute Gasteiger partial charge is 0.465 e. The van der Waals surface area contributed by atoms with Crippen LogP contribution in [0.3, 0.4) is 0 Å². The van der Waals surface area contributed by atoms with Crippen molar-refractivity contribution in [3.05, 3.63) is 0 Å². The van der Waals surface area contributed by atoms with Gasteiger partial charge in [0.1, 0.15) is 5.54 Å². The van der Waals surface area contributed by atoms with E-state index >= 15 is 0 Å². The van der Waals surface area contributed by atoms with Crippen molar-refractivity contribution in [2.75, 3.05) is 26.7 Å². The lowest BCUT2D eigenvalue weighted by Gasteiger charge is -2.29. The van der Waals surface area contributed by atoms with Gasteiger partial charge in [-0.3, -0.25) is 10.1 Å². The van der Waals surface area contributed by atoms with Gasteiger partial charge >= 0.3 is 5.97 Å². The number of rotatable bonds is 10. The van der Waals surface area contributed by atoms with E-state index in [1.54, 1.807) is 0 Å². The third-order valence-electron chi connectivity index (χ3n) is 4.86. The van der Waals surface area contributed by atoms with Crippen LogP contribution in [0, 0.1) is 11.8 Å². The summed E-state index contributed by atoms with van der Waals surface area (Å²) in [6.45, 7) is 8.93. The van der Waals surface area contributed by atoms with Crippen LogP contribution in [0.1, 0.15) is 52.9 Å². The maximum Gasteiger partial charge on any atom is 0.326 e. The van der Waals surface area contributed by atoms with Crippen LogP contribution in [0.4, 0.5) is 0 Å². The number of carbonyl (C=O) groups is 1. The normalized spacial score (nSPS) is 27.5. The summed E-state index contributed by atoms with van der Waals surface area (Å²) in [6.07, 6.45) is 5.65. The van der Waals surface area contributed by atoms with Crippen molar-refractivity contribution in [3.63, 3.8) is 0 Å². The molecule has 2 aliphatic carbocycles. The minimum Gasteiger partial charge on any atom is -0.465 e. The molecule has 0 aromatic carbocycles. The fourth-order valence-electron chi connectivity index (χ4n) is 3.05. The first-order valence-corrected chi connectivity index (χ1v) is 8.58. The van der Waals surface area contributed by atoms with Crippen molar-refractivity contribution >= 4 is 5.97 Å². The SMILES string of the molecule is CCOC(=O)C(C)(CCCN(C)CC1CC1C)NC1CC1. The fraction of sp³-hybridized carbons (Fsp3) is 0.941. The van der Waals surface area contributed by atoms with Crippen molar-refractivity contribution in [1.82, 2.24) is 10.2 Å². The third-order valence-corrected chi connectivity index (χ3v) is 4.86. The molecule has 2 rings (SSSR count). The Hall–Kier alpha value is -0.610. The molecule has 0 bridgehead atoms. The monoisotopic (exact) mass is 296 g/mol. The molecule has 21 heavy (non-hydrogen) atoms. The molecule has 4 nitrogen and oxygen atoms in total. The Balaban J connectivity index is 1.73. The summed E-state index contributed by atoms with van der Waals surface area (Å²) in [7, 11) is 2.20. The van der Waals surface area contributed by atoms with Gasteiger partial charge in [-0.1, -0.05) is 6.92 Å². The van der Waals surface area contributed by atoms with Gasteiger partial charge in [0.05, 0.1) is 6.61 Å². The average molecular weight is 296 g/mol. The second kappa shape index (κ2) is 7.10. The first-order chi connectivity index (χ1) is 9.94. The zero-order chi connectivity index (χ0) is 15.5. The van der Waals surface area contributed by atoms with Crippen molar-refractivity contribution in [3.8, 4) is 0 Å². The summed E-state index contributed by atoms with van der Waals surface area (Å²) in [6, 6.07) is 0.518. The van der Waals surface area contributed by atoms with E-state index in [1.165, 1.54) is 25.8 Å². The van der Waals surface area contributed by atoms with Gasteiger partial charge in [0, 0.05) is 12.6 Å². The summed E-state index contributed by atoms with van der Waals surface area (Å²) in [4.78, 5) is 14.6. The molecule has 2 saturated carbocycles. The van der Waals surface area contributed by atoms with Crippen molar-refractivity contribution in [1.29, 1.82) is 0 Å². The minimum absolute atomic E-state index is 0.0876. The van der Waals surface area contributed by atoms with Gasteiger partial charge in [-0.25, -0.2) is 0 Å². The Morgan fingerprint density at radius 3 is 2.62 bits per heavy atom. The van der Waals surface area contributed by atoms with Crippen molar-refractivity contribution < 1.29 is 9.53 Å². The molecule has 0 heterocycles. The van der Waals surface area contributed by atoms with Crippen LogP contribution >= 0.6 is 0 Å². The van der Waals surface area contributed by atoms with Gasteiger partial charge in [-0.15, -0.1) is 0 Å². The van der Waals surface area contributed by atoms with E-state index in [2.05, 4.69) is 24.2 Å². The van der Waals surface area contributed by atoms with E-state index < -0.39 is 5.54 Å². The van der Waals surface area contributed by atoms with Gasteiger partial charge in [-0.2, -0.15) is 0 Å². The second-order valence-corrected chi connectivity index (χ2v) is 7.31. The van der Waals surface area contributed by atoms with Gasteiger partial charge in [0.15, 0.2) is 0 Å². The van der Waals surface area contributed by atoms with Gasteiger partial charge < -0.3 is 9.64 Å². The maximum atomic E-state index is 12.2. The molecule has 2 fully saturated rings. The first kappa shape index (κ1) is 16.8. The Morgan fingerprint density at radius 1 is 1.43 bits per heavy atom. The molecule has 122 valence electrons. The quantitative estimate of drug-likeness (QED) is 0.629. The van der Waals surface area contributed by atoms with E-state index in [9.17, 15) is 4.79 Å². The Labute approximate surface area is 129 Å². The average Bonchev–Trinajstić information content (AvgIpc) is 3.31. The maximum absolute atomic E-state index is 12.2. The van der Waals surface area contributed by atoms with Crippen LogP contribution in [0.25, 0.3) is 0 Å². The van der Waals surface area contributed by atoms with E-state index in [0.717, 1.165) is 31.2 Å². The molecule has 0 aliphatic heterocycles. The van der Waals surface area contributed by atoms with Crippen LogP contribution in [0.2, 0.25) is 0 Å². The lowest BCUT2D eigenvalue weighted by Crippen LogP contribution is -2.51. The van der Waals surface area contributed by atoms with Gasteiger partial charge in [0.25, 0.3) is 0 Å². The first-order valence-electron chi connectivity index (χ1n) is 8.58. The lowest BCUT2D eigenvalue weighted by atomic mass is 9.95. The predicted octanol–water partition coefficient (Wildman–Crippen LogP) is 2.43. The standard InChI is InChI=1S/C17H32N2O2/c1-5-21-16(20)17(3,18-15-7-8-15)9-6-10-19(4)12-14-11-13(14)2/h13-15,18H,5-12H2,1-4H3. The van der Waals surface area contributed by atoms with Crippen molar-refractivity contribution in [2.24, 2.45) is 11.8 Å². The molecule has 1 N–H and O–H groups in total. The summed E-state index contributed by atoms with van der Waals surface area (Å²) in [5, 5.41) is 3.49. The molecular weight excluding hydrogens is 264 g/mol. The molecule has 0 amide bonds. The smallest absolute Gasteiger partial charge is 0.326 e. The number of nitrogens with zero attached hydrogens (tertiary/aromatic N) is 1. The fourth-order valence-corrected chi connectivity index (χ4v) is 3.05. The highest BCUT2D eigenvalue weighted by molar-refractivity contribution is 5.80. The minimum atomic E-state index is -0.509. The predicted molar refractivity (Wildman–Crippen MR) is 85.2 cm³/mol. The number of hydrogen-bond acceptors (Lipinski definition) is 4. The topological polar surface area (TPSA) is 41.6 Å². The molecule has 0 saturated heterocycles. The zero-order valence-corrected chi connectivity index (χ0v) is 14.2. The van der Waals surface area contributed by atoms with Crippen LogP contribution in [0.15, 0.2) is 0 Å². The van der Waals surface area contributed by atoms with Gasteiger partial charge in [0.2, 0.25) is 0 Å². The number of esters is 1. The molecule has 0 aromatic heterocycles. The lowest BCUT2D eigenvalue weighted by molar-refractivity contribution is -0.151. The molecule has 2 aliphatic rings. The molecular formula is C17H32N2O2. The van der Waals surface area contributed by atoms with E-state index in [-0.39, 0.29) is 5.97 Å². The van der Waals surface area contributed by atoms with Crippen LogP contribution < -0.4 is 5.32 Å². The Kier molecular flexibility index (Phi) is 5.67.